The molecule has 0 aliphatic carbocycles. The van der Waals surface area contributed by atoms with E-state index in [0.29, 0.717) is 32.6 Å². The lowest BCUT2D eigenvalue weighted by atomic mass is 10.1. The lowest BCUT2D eigenvalue weighted by Gasteiger charge is -2.34. The van der Waals surface area contributed by atoms with Crippen molar-refractivity contribution in [1.82, 2.24) is 9.29 Å². The van der Waals surface area contributed by atoms with Gasteiger partial charge in [0, 0.05) is 48.0 Å². The molecule has 3 aromatic rings. The molecule has 1 aliphatic heterocycles. The number of aromatic nitrogens is 1. The predicted molar refractivity (Wildman–Crippen MR) is 135 cm³/mol. The minimum absolute atomic E-state index is 0.129. The molecule has 2 heterocycles. The number of methoxy groups -OCH3 is 2. The third-order valence-electron chi connectivity index (χ3n) is 5.42. The molecule has 11 heteroatoms. The number of sulfonamides is 1. The topological polar surface area (TPSA) is 72.0 Å². The summed E-state index contributed by atoms with van der Waals surface area (Å²) < 4.78 is 39.1. The Kier molecular flexibility index (Phi) is 7.49. The molecule has 0 N–H and O–H groups in total. The van der Waals surface area contributed by atoms with Gasteiger partial charge in [0.05, 0.1) is 24.9 Å². The van der Waals surface area contributed by atoms with Gasteiger partial charge in [-0.05, 0) is 36.4 Å². The first-order valence-electron chi connectivity index (χ1n) is 10.2. The summed E-state index contributed by atoms with van der Waals surface area (Å²) in [5.74, 6) is 1.56. The van der Waals surface area contributed by atoms with Gasteiger partial charge in [-0.3, -0.25) is 0 Å². The summed E-state index contributed by atoms with van der Waals surface area (Å²) in [6, 6.07) is 10.5. The van der Waals surface area contributed by atoms with E-state index in [2.05, 4.69) is 20.8 Å². The average molecular weight is 573 g/mol. The second kappa shape index (κ2) is 10.2. The van der Waals surface area contributed by atoms with Crippen molar-refractivity contribution in [1.29, 1.82) is 0 Å². The Morgan fingerprint density at radius 2 is 1.85 bits per heavy atom. The maximum absolute atomic E-state index is 13.1. The molecule has 0 radical (unpaired) electrons. The summed E-state index contributed by atoms with van der Waals surface area (Å²) in [7, 11) is -0.372. The first-order chi connectivity index (χ1) is 15.8. The average Bonchev–Trinajstić information content (AvgIpc) is 3.27. The molecule has 2 aromatic carbocycles. The van der Waals surface area contributed by atoms with Gasteiger partial charge < -0.3 is 14.4 Å². The standard InChI is InChI=1S/C22H23BrClN3O4S2/c1-30-18-4-5-20(31-2)15(12-18)11-17-14-32-22(25-17)26-7-9-27(10-8-26)33(28,29)21-6-3-16(23)13-19(21)24/h3-6,12-14H,7-11H2,1-2H3. The fourth-order valence-corrected chi connectivity index (χ4v) is 6.99. The molecule has 0 bridgehead atoms. The van der Waals surface area contributed by atoms with Crippen molar-refractivity contribution in [2.45, 2.75) is 11.3 Å². The van der Waals surface area contributed by atoms with Crippen molar-refractivity contribution in [3.05, 3.63) is 62.5 Å². The summed E-state index contributed by atoms with van der Waals surface area (Å²) in [4.78, 5) is 7.03. The van der Waals surface area contributed by atoms with Crippen LogP contribution in [-0.2, 0) is 16.4 Å². The second-order valence-electron chi connectivity index (χ2n) is 7.44. The molecule has 0 atom stereocenters. The number of thiazole rings is 1. The van der Waals surface area contributed by atoms with Crippen LogP contribution in [0, 0.1) is 0 Å². The molecule has 7 nitrogen and oxygen atoms in total. The van der Waals surface area contributed by atoms with Gasteiger partial charge in [0.15, 0.2) is 5.13 Å². The highest BCUT2D eigenvalue weighted by molar-refractivity contribution is 9.10. The van der Waals surface area contributed by atoms with Gasteiger partial charge in [0.25, 0.3) is 0 Å². The highest BCUT2D eigenvalue weighted by atomic mass is 79.9. The highest BCUT2D eigenvalue weighted by Gasteiger charge is 2.31. The summed E-state index contributed by atoms with van der Waals surface area (Å²) in [5, 5.41) is 3.12. The molecular formula is C22H23BrClN3O4S2. The summed E-state index contributed by atoms with van der Waals surface area (Å²) in [6.45, 7) is 1.85. The first-order valence-corrected chi connectivity index (χ1v) is 13.7. The number of nitrogens with zero attached hydrogens (tertiary/aromatic N) is 3. The van der Waals surface area contributed by atoms with E-state index in [1.165, 1.54) is 10.4 Å². The van der Waals surface area contributed by atoms with Crippen molar-refractivity contribution in [2.24, 2.45) is 0 Å². The first kappa shape index (κ1) is 24.3. The smallest absolute Gasteiger partial charge is 0.244 e. The second-order valence-corrected chi connectivity index (χ2v) is 11.5. The zero-order valence-corrected chi connectivity index (χ0v) is 22.1. The number of anilines is 1. The van der Waals surface area contributed by atoms with Gasteiger partial charge >= 0.3 is 0 Å². The maximum atomic E-state index is 13.1. The van der Waals surface area contributed by atoms with E-state index >= 15 is 0 Å². The molecule has 1 saturated heterocycles. The normalized spacial score (nSPS) is 15.0. The van der Waals surface area contributed by atoms with E-state index in [1.807, 2.05) is 23.6 Å². The van der Waals surface area contributed by atoms with Gasteiger partial charge in [-0.25, -0.2) is 13.4 Å². The van der Waals surface area contributed by atoms with Gasteiger partial charge in [0.2, 0.25) is 10.0 Å². The van der Waals surface area contributed by atoms with Crippen LogP contribution in [-0.4, -0.2) is 58.1 Å². The van der Waals surface area contributed by atoms with Crippen molar-refractivity contribution in [3.8, 4) is 11.5 Å². The number of piperazine rings is 1. The fourth-order valence-electron chi connectivity index (χ4n) is 3.68. The molecule has 1 aromatic heterocycles. The lowest BCUT2D eigenvalue weighted by Crippen LogP contribution is -2.48. The van der Waals surface area contributed by atoms with Gasteiger partial charge in [-0.2, -0.15) is 4.31 Å². The molecule has 1 fully saturated rings. The predicted octanol–water partition coefficient (Wildman–Crippen LogP) is 4.68. The van der Waals surface area contributed by atoms with Crippen molar-refractivity contribution in [3.63, 3.8) is 0 Å². The van der Waals surface area contributed by atoms with Crippen LogP contribution in [0.5, 0.6) is 11.5 Å². The van der Waals surface area contributed by atoms with Crippen molar-refractivity contribution < 1.29 is 17.9 Å². The van der Waals surface area contributed by atoms with Crippen LogP contribution in [0.4, 0.5) is 5.13 Å². The van der Waals surface area contributed by atoms with Crippen molar-refractivity contribution >= 4 is 54.0 Å². The van der Waals surface area contributed by atoms with Crippen LogP contribution in [0.1, 0.15) is 11.3 Å². The quantitative estimate of drug-likeness (QED) is 0.410. The van der Waals surface area contributed by atoms with Crippen LogP contribution < -0.4 is 14.4 Å². The zero-order chi connectivity index (χ0) is 23.6. The Morgan fingerprint density at radius 1 is 1.09 bits per heavy atom. The van der Waals surface area contributed by atoms with Gasteiger partial charge in [0.1, 0.15) is 16.4 Å². The molecule has 0 spiro atoms. The zero-order valence-electron chi connectivity index (χ0n) is 18.1. The minimum Gasteiger partial charge on any atom is -0.497 e. The molecule has 33 heavy (non-hydrogen) atoms. The SMILES string of the molecule is COc1ccc(OC)c(Cc2csc(N3CCN(S(=O)(=O)c4ccc(Br)cc4Cl)CC3)n2)c1. The molecule has 0 amide bonds. The summed E-state index contributed by atoms with van der Waals surface area (Å²) in [5.41, 5.74) is 1.93. The monoisotopic (exact) mass is 571 g/mol. The number of benzene rings is 2. The van der Waals surface area contributed by atoms with E-state index in [0.717, 1.165) is 32.4 Å². The Hall–Kier alpha value is -1.85. The Morgan fingerprint density at radius 3 is 2.52 bits per heavy atom. The van der Waals surface area contributed by atoms with E-state index in [1.54, 1.807) is 37.7 Å². The minimum atomic E-state index is -3.65. The van der Waals surface area contributed by atoms with E-state index in [4.69, 9.17) is 26.1 Å². The van der Waals surface area contributed by atoms with Gasteiger partial charge in [-0.1, -0.05) is 27.5 Å². The third-order valence-corrected chi connectivity index (χ3v) is 9.24. The number of ether oxygens (including phenoxy) is 2. The number of hydrogen-bond acceptors (Lipinski definition) is 7. The van der Waals surface area contributed by atoms with Crippen LogP contribution in [0.2, 0.25) is 5.02 Å². The molecule has 4 rings (SSSR count). The summed E-state index contributed by atoms with van der Waals surface area (Å²) >= 11 is 11.1. The van der Waals surface area contributed by atoms with Crippen LogP contribution in [0.15, 0.2) is 51.1 Å². The number of hydrogen-bond donors (Lipinski definition) is 0. The molecule has 176 valence electrons. The lowest BCUT2D eigenvalue weighted by molar-refractivity contribution is 0.384. The molecule has 0 saturated carbocycles. The van der Waals surface area contributed by atoms with Crippen LogP contribution in [0.25, 0.3) is 0 Å². The third kappa shape index (κ3) is 5.30. The summed E-state index contributed by atoms with van der Waals surface area (Å²) in [6.07, 6.45) is 0.618. The molecular weight excluding hydrogens is 550 g/mol. The van der Waals surface area contributed by atoms with E-state index in [-0.39, 0.29) is 9.92 Å². The Labute approximate surface area is 211 Å². The number of rotatable bonds is 7. The maximum Gasteiger partial charge on any atom is 0.244 e. The Bertz CT molecular complexity index is 1240. The van der Waals surface area contributed by atoms with Crippen molar-refractivity contribution in [2.75, 3.05) is 45.3 Å². The number of halogens is 2. The Balaban J connectivity index is 1.43. The highest BCUT2D eigenvalue weighted by Crippen LogP contribution is 2.31. The fraction of sp³-hybridized carbons (Fsp3) is 0.318. The molecule has 1 aliphatic rings. The van der Waals surface area contributed by atoms with E-state index in [9.17, 15) is 8.42 Å². The van der Waals surface area contributed by atoms with E-state index < -0.39 is 10.0 Å². The van der Waals surface area contributed by atoms with Crippen LogP contribution in [0.3, 0.4) is 0 Å². The van der Waals surface area contributed by atoms with Gasteiger partial charge in [-0.15, -0.1) is 11.3 Å². The van der Waals surface area contributed by atoms with Crippen LogP contribution >= 0.6 is 38.9 Å². The molecule has 0 unspecified atom stereocenters. The largest absolute Gasteiger partial charge is 0.497 e.